The number of rotatable bonds is 35. The lowest BCUT2D eigenvalue weighted by molar-refractivity contribution is -0.145. The first-order valence-corrected chi connectivity index (χ1v) is 19.5. The normalized spacial score (nSPS) is 13.1. The monoisotopic (exact) mass is 623 g/mol. The van der Waals surface area contributed by atoms with Gasteiger partial charge in [-0.05, 0) is 82.3 Å². The van der Waals surface area contributed by atoms with Crippen LogP contribution >= 0.6 is 0 Å². The fraction of sp³-hybridized carbons (Fsp3) is 0.949. The minimum atomic E-state index is 0.00279. The minimum absolute atomic E-state index is 0.00279. The van der Waals surface area contributed by atoms with Gasteiger partial charge in [0.1, 0.15) is 6.29 Å². The van der Waals surface area contributed by atoms with E-state index in [1.807, 2.05) is 0 Å². The maximum absolute atomic E-state index is 12.7. The summed E-state index contributed by atoms with van der Waals surface area (Å²) in [6.45, 7) is 13.9. The van der Waals surface area contributed by atoms with Gasteiger partial charge in [0.2, 0.25) is 0 Å². The molecule has 262 valence electrons. The second-order valence-electron chi connectivity index (χ2n) is 14.2. The molecule has 0 heterocycles. The number of carbonyl (C=O) groups excluding carboxylic acids is 2. The molecule has 44 heavy (non-hydrogen) atoms. The molecule has 0 radical (unpaired) electrons. The smallest absolute Gasteiger partial charge is 0.305 e. The molecule has 0 amide bonds. The van der Waals surface area contributed by atoms with Gasteiger partial charge in [0.15, 0.2) is 0 Å². The maximum atomic E-state index is 12.7. The molecule has 0 aliphatic carbocycles. The summed E-state index contributed by atoms with van der Waals surface area (Å²) >= 11 is 0. The Morgan fingerprint density at radius 1 is 0.705 bits per heavy atom. The van der Waals surface area contributed by atoms with Gasteiger partial charge in [0.05, 0.1) is 6.61 Å². The summed E-state index contributed by atoms with van der Waals surface area (Å²) in [6.07, 6.45) is 31.7. The lowest BCUT2D eigenvalue weighted by Gasteiger charge is -2.36. The Morgan fingerprint density at radius 2 is 1.23 bits per heavy atom. The van der Waals surface area contributed by atoms with E-state index in [0.717, 1.165) is 77.4 Å². The molecule has 0 rings (SSSR count). The molecule has 0 aromatic carbocycles. The fourth-order valence-corrected chi connectivity index (χ4v) is 6.59. The molecule has 0 aliphatic rings. The van der Waals surface area contributed by atoms with Crippen molar-refractivity contribution in [2.24, 2.45) is 17.1 Å². The molecule has 0 aromatic rings. The van der Waals surface area contributed by atoms with Gasteiger partial charge in [-0.25, -0.2) is 0 Å². The standard InChI is InChI=1S/C39H78N2O3/c1-5-8-11-13-15-20-26-37(27-21-16-14-12-9-6-2)35-44-38(43)28-22-19-24-33-41(32-23-17-18-25-34-42)36-39(4,30-31-40)29-10-7-3/h34,37H,5-33,35-36,40H2,1-4H3. The van der Waals surface area contributed by atoms with E-state index >= 15 is 0 Å². The van der Waals surface area contributed by atoms with Crippen molar-refractivity contribution in [1.82, 2.24) is 4.90 Å². The molecule has 2 N–H and O–H groups in total. The molecule has 0 saturated heterocycles. The van der Waals surface area contributed by atoms with Crippen LogP contribution in [0.1, 0.15) is 195 Å². The van der Waals surface area contributed by atoms with Crippen molar-refractivity contribution in [3.05, 3.63) is 0 Å². The molecule has 0 spiro atoms. The zero-order chi connectivity index (χ0) is 32.6. The quantitative estimate of drug-likeness (QED) is 0.0432. The molecule has 0 bridgehead atoms. The van der Waals surface area contributed by atoms with Crippen molar-refractivity contribution in [3.8, 4) is 0 Å². The third kappa shape index (κ3) is 27.4. The van der Waals surface area contributed by atoms with Crippen molar-refractivity contribution < 1.29 is 14.3 Å². The van der Waals surface area contributed by atoms with Gasteiger partial charge in [-0.15, -0.1) is 0 Å². The van der Waals surface area contributed by atoms with Gasteiger partial charge in [-0.3, -0.25) is 4.79 Å². The first kappa shape index (κ1) is 43.1. The molecule has 1 unspecified atom stereocenters. The van der Waals surface area contributed by atoms with Crippen LogP contribution in [0.5, 0.6) is 0 Å². The second kappa shape index (κ2) is 32.0. The van der Waals surface area contributed by atoms with E-state index in [4.69, 9.17) is 10.5 Å². The van der Waals surface area contributed by atoms with E-state index in [-0.39, 0.29) is 11.4 Å². The Hall–Kier alpha value is -0.940. The van der Waals surface area contributed by atoms with Crippen LogP contribution < -0.4 is 5.73 Å². The molecule has 0 fully saturated rings. The Labute approximate surface area is 275 Å². The van der Waals surface area contributed by atoms with Gasteiger partial charge in [-0.2, -0.15) is 0 Å². The SMILES string of the molecule is CCCCCCCCC(CCCCCCCC)COC(=O)CCCCCN(CCCCCC=O)CC(C)(CCN)CCCC. The van der Waals surface area contributed by atoms with Crippen LogP contribution in [0.4, 0.5) is 0 Å². The number of carbonyl (C=O) groups is 2. The maximum Gasteiger partial charge on any atom is 0.305 e. The van der Waals surface area contributed by atoms with E-state index < -0.39 is 0 Å². The highest BCUT2D eigenvalue weighted by Crippen LogP contribution is 2.29. The predicted octanol–water partition coefficient (Wildman–Crippen LogP) is 10.8. The van der Waals surface area contributed by atoms with Gasteiger partial charge < -0.3 is 20.2 Å². The van der Waals surface area contributed by atoms with Crippen LogP contribution in [-0.4, -0.2) is 49.9 Å². The van der Waals surface area contributed by atoms with Crippen LogP contribution in [0, 0.1) is 11.3 Å². The van der Waals surface area contributed by atoms with Crippen molar-refractivity contribution in [2.75, 3.05) is 32.8 Å². The van der Waals surface area contributed by atoms with Crippen LogP contribution in [0.15, 0.2) is 0 Å². The van der Waals surface area contributed by atoms with Crippen LogP contribution in [-0.2, 0) is 14.3 Å². The Bertz CT molecular complexity index is 612. The number of nitrogens with two attached hydrogens (primary N) is 1. The number of ether oxygens (including phenoxy) is 1. The largest absolute Gasteiger partial charge is 0.465 e. The lowest BCUT2D eigenvalue weighted by atomic mass is 9.81. The van der Waals surface area contributed by atoms with Gasteiger partial charge >= 0.3 is 5.97 Å². The minimum Gasteiger partial charge on any atom is -0.465 e. The number of hydrogen-bond donors (Lipinski definition) is 1. The number of esters is 1. The topological polar surface area (TPSA) is 72.6 Å². The first-order chi connectivity index (χ1) is 21.4. The van der Waals surface area contributed by atoms with Gasteiger partial charge in [0, 0.05) is 19.4 Å². The van der Waals surface area contributed by atoms with Crippen molar-refractivity contribution in [1.29, 1.82) is 0 Å². The third-order valence-electron chi connectivity index (χ3n) is 9.55. The Morgan fingerprint density at radius 3 is 1.77 bits per heavy atom. The van der Waals surface area contributed by atoms with Crippen molar-refractivity contribution in [3.63, 3.8) is 0 Å². The summed E-state index contributed by atoms with van der Waals surface area (Å²) in [5.41, 5.74) is 6.29. The highest BCUT2D eigenvalue weighted by Gasteiger charge is 2.25. The van der Waals surface area contributed by atoms with Crippen LogP contribution in [0.3, 0.4) is 0 Å². The molecular weight excluding hydrogens is 544 g/mol. The number of hydrogen-bond acceptors (Lipinski definition) is 5. The Balaban J connectivity index is 4.58. The summed E-state index contributed by atoms with van der Waals surface area (Å²) in [4.78, 5) is 26.0. The van der Waals surface area contributed by atoms with Gasteiger partial charge in [0.25, 0.3) is 0 Å². The number of nitrogens with zero attached hydrogens (tertiary/aromatic N) is 1. The molecule has 5 nitrogen and oxygen atoms in total. The molecular formula is C39H78N2O3. The molecule has 0 saturated carbocycles. The van der Waals surface area contributed by atoms with E-state index in [0.29, 0.717) is 25.4 Å². The molecule has 0 aliphatic heterocycles. The fourth-order valence-electron chi connectivity index (χ4n) is 6.59. The molecule has 1 atom stereocenters. The summed E-state index contributed by atoms with van der Waals surface area (Å²) in [5.74, 6) is 0.537. The zero-order valence-corrected chi connectivity index (χ0v) is 30.3. The lowest BCUT2D eigenvalue weighted by Crippen LogP contribution is -2.38. The Kier molecular flexibility index (Phi) is 31.3. The zero-order valence-electron chi connectivity index (χ0n) is 30.3. The summed E-state index contributed by atoms with van der Waals surface area (Å²) < 4.78 is 5.85. The third-order valence-corrected chi connectivity index (χ3v) is 9.55. The summed E-state index contributed by atoms with van der Waals surface area (Å²) in [7, 11) is 0. The average Bonchev–Trinajstić information content (AvgIpc) is 3.01. The predicted molar refractivity (Wildman–Crippen MR) is 191 cm³/mol. The summed E-state index contributed by atoms with van der Waals surface area (Å²) in [5, 5.41) is 0. The second-order valence-corrected chi connectivity index (χ2v) is 14.2. The van der Waals surface area contributed by atoms with E-state index in [9.17, 15) is 9.59 Å². The number of unbranched alkanes of at least 4 members (excludes halogenated alkanes) is 16. The number of aldehydes is 1. The first-order valence-electron chi connectivity index (χ1n) is 19.5. The molecule has 5 heteroatoms. The van der Waals surface area contributed by atoms with E-state index in [1.54, 1.807) is 0 Å². The highest BCUT2D eigenvalue weighted by atomic mass is 16.5. The van der Waals surface area contributed by atoms with E-state index in [2.05, 4.69) is 32.6 Å². The summed E-state index contributed by atoms with van der Waals surface area (Å²) in [6, 6.07) is 0. The van der Waals surface area contributed by atoms with Crippen molar-refractivity contribution in [2.45, 2.75) is 195 Å². The van der Waals surface area contributed by atoms with Crippen LogP contribution in [0.2, 0.25) is 0 Å². The highest BCUT2D eigenvalue weighted by molar-refractivity contribution is 5.69. The average molecular weight is 623 g/mol. The van der Waals surface area contributed by atoms with Crippen LogP contribution in [0.25, 0.3) is 0 Å². The van der Waals surface area contributed by atoms with Crippen molar-refractivity contribution >= 4 is 12.3 Å². The molecule has 0 aromatic heterocycles. The van der Waals surface area contributed by atoms with E-state index in [1.165, 1.54) is 109 Å². The van der Waals surface area contributed by atoms with Gasteiger partial charge in [-0.1, -0.05) is 130 Å².